The number of aryl methyl sites for hydroxylation is 2. The summed E-state index contributed by atoms with van der Waals surface area (Å²) in [6.07, 6.45) is -0.435. The molecule has 1 aromatic carbocycles. The molecule has 0 saturated carbocycles. The number of benzene rings is 1. The average molecular weight is 441 g/mol. The first kappa shape index (κ1) is 20.9. The van der Waals surface area contributed by atoms with Crippen molar-refractivity contribution in [2.24, 2.45) is 7.05 Å². The fraction of sp³-hybridized carbons (Fsp3) is 0.450. The lowest BCUT2D eigenvalue weighted by molar-refractivity contribution is -0.137. The number of halogens is 3. The highest BCUT2D eigenvalue weighted by molar-refractivity contribution is 7.89. The van der Waals surface area contributed by atoms with Gasteiger partial charge in [-0.05, 0) is 55.5 Å². The van der Waals surface area contributed by atoms with Crippen LogP contribution in [0.3, 0.4) is 0 Å². The van der Waals surface area contributed by atoms with E-state index < -0.39 is 27.7 Å². The van der Waals surface area contributed by atoms with Crippen molar-refractivity contribution in [2.75, 3.05) is 24.5 Å². The van der Waals surface area contributed by atoms with Crippen molar-refractivity contribution < 1.29 is 26.4 Å². The van der Waals surface area contributed by atoms with Crippen LogP contribution in [0, 0.1) is 0 Å². The van der Waals surface area contributed by atoms with E-state index in [2.05, 4.69) is 0 Å². The van der Waals surface area contributed by atoms with Crippen LogP contribution in [-0.2, 0) is 29.7 Å². The average Bonchev–Trinajstić information content (AvgIpc) is 3.36. The van der Waals surface area contributed by atoms with Crippen LogP contribution in [0.2, 0.25) is 0 Å². The normalized spacial score (nSPS) is 17.9. The zero-order valence-electron chi connectivity index (χ0n) is 16.4. The maximum absolute atomic E-state index is 13.2. The van der Waals surface area contributed by atoms with E-state index in [0.29, 0.717) is 43.7 Å². The Hall–Kier alpha value is -2.33. The Kier molecular flexibility index (Phi) is 5.17. The van der Waals surface area contributed by atoms with Gasteiger partial charge in [0.2, 0.25) is 10.0 Å². The predicted molar refractivity (Wildman–Crippen MR) is 105 cm³/mol. The van der Waals surface area contributed by atoms with Crippen LogP contribution in [0.15, 0.2) is 35.4 Å². The molecular weight excluding hydrogens is 419 g/mol. The number of amides is 1. The summed E-state index contributed by atoms with van der Waals surface area (Å²) in [5.41, 5.74) is 0.335. The molecule has 162 valence electrons. The van der Waals surface area contributed by atoms with Crippen molar-refractivity contribution in [2.45, 2.75) is 36.8 Å². The van der Waals surface area contributed by atoms with E-state index in [1.54, 1.807) is 7.05 Å². The summed E-state index contributed by atoms with van der Waals surface area (Å²) in [5.74, 6) is -0.430. The van der Waals surface area contributed by atoms with Gasteiger partial charge in [0.1, 0.15) is 10.6 Å². The molecule has 2 aromatic rings. The third kappa shape index (κ3) is 3.62. The number of anilines is 1. The minimum absolute atomic E-state index is 0.0555. The van der Waals surface area contributed by atoms with Crippen LogP contribution in [-0.4, -0.2) is 42.8 Å². The number of carbonyl (C=O) groups is 1. The van der Waals surface area contributed by atoms with Crippen LogP contribution < -0.4 is 4.90 Å². The van der Waals surface area contributed by atoms with Crippen LogP contribution >= 0.6 is 0 Å². The molecule has 1 amide bonds. The van der Waals surface area contributed by atoms with Crippen molar-refractivity contribution in [3.8, 4) is 0 Å². The second kappa shape index (κ2) is 7.42. The fourth-order valence-electron chi connectivity index (χ4n) is 4.09. The first-order valence-electron chi connectivity index (χ1n) is 9.77. The zero-order valence-corrected chi connectivity index (χ0v) is 17.3. The Bertz CT molecular complexity index is 1090. The summed E-state index contributed by atoms with van der Waals surface area (Å²) in [5, 5.41) is 0. The molecule has 0 unspecified atom stereocenters. The molecule has 0 atom stereocenters. The summed E-state index contributed by atoms with van der Waals surface area (Å²) < 4.78 is 67.6. The number of sulfonamides is 1. The van der Waals surface area contributed by atoms with Gasteiger partial charge in [-0.2, -0.15) is 17.5 Å². The minimum atomic E-state index is -4.45. The van der Waals surface area contributed by atoms with E-state index in [4.69, 9.17) is 0 Å². The number of rotatable bonds is 3. The molecule has 10 heteroatoms. The minimum Gasteiger partial charge on any atom is -0.345 e. The first-order valence-corrected chi connectivity index (χ1v) is 11.2. The first-order chi connectivity index (χ1) is 14.1. The number of carbonyl (C=O) groups excluding carboxylic acids is 1. The van der Waals surface area contributed by atoms with Crippen molar-refractivity contribution in [1.29, 1.82) is 0 Å². The molecule has 1 fully saturated rings. The highest BCUT2D eigenvalue weighted by atomic mass is 32.2. The van der Waals surface area contributed by atoms with Crippen molar-refractivity contribution in [1.82, 2.24) is 8.87 Å². The van der Waals surface area contributed by atoms with Gasteiger partial charge < -0.3 is 9.47 Å². The van der Waals surface area contributed by atoms with Gasteiger partial charge in [0.05, 0.1) is 5.56 Å². The predicted octanol–water partition coefficient (Wildman–Crippen LogP) is 3.42. The van der Waals surface area contributed by atoms with Gasteiger partial charge >= 0.3 is 6.18 Å². The van der Waals surface area contributed by atoms with Crippen LogP contribution in [0.5, 0.6) is 0 Å². The molecular formula is C20H22F3N3O3S. The van der Waals surface area contributed by atoms with Gasteiger partial charge in [0.25, 0.3) is 5.91 Å². The monoisotopic (exact) mass is 441 g/mol. The largest absolute Gasteiger partial charge is 0.416 e. The Labute approximate surface area is 172 Å². The number of alkyl halides is 3. The van der Waals surface area contributed by atoms with E-state index in [0.717, 1.165) is 25.0 Å². The third-order valence-corrected chi connectivity index (χ3v) is 7.54. The lowest BCUT2D eigenvalue weighted by Crippen LogP contribution is -2.36. The molecule has 6 nitrogen and oxygen atoms in total. The van der Waals surface area contributed by atoms with Gasteiger partial charge in [0, 0.05) is 38.6 Å². The maximum atomic E-state index is 13.2. The molecule has 0 radical (unpaired) electrons. The van der Waals surface area contributed by atoms with E-state index >= 15 is 0 Å². The van der Waals surface area contributed by atoms with Crippen molar-refractivity contribution in [3.63, 3.8) is 0 Å². The number of hydrogen-bond donors (Lipinski definition) is 0. The topological polar surface area (TPSA) is 62.6 Å². The number of nitrogens with zero attached hydrogens (tertiary/aromatic N) is 3. The van der Waals surface area contributed by atoms with Gasteiger partial charge in [-0.15, -0.1) is 0 Å². The molecule has 3 heterocycles. The molecule has 2 aliphatic heterocycles. The van der Waals surface area contributed by atoms with E-state index in [1.165, 1.54) is 32.1 Å². The molecule has 0 spiro atoms. The van der Waals surface area contributed by atoms with E-state index in [-0.39, 0.29) is 10.6 Å². The summed E-state index contributed by atoms with van der Waals surface area (Å²) in [4.78, 5) is 14.7. The second-order valence-electron chi connectivity index (χ2n) is 7.68. The molecule has 4 rings (SSSR count). The van der Waals surface area contributed by atoms with Crippen molar-refractivity contribution >= 4 is 21.6 Å². The smallest absolute Gasteiger partial charge is 0.345 e. The molecule has 30 heavy (non-hydrogen) atoms. The molecule has 1 saturated heterocycles. The maximum Gasteiger partial charge on any atom is 0.416 e. The van der Waals surface area contributed by atoms with E-state index in [9.17, 15) is 26.4 Å². The quantitative estimate of drug-likeness (QED) is 0.733. The van der Waals surface area contributed by atoms with E-state index in [1.807, 2.05) is 0 Å². The third-order valence-electron chi connectivity index (χ3n) is 5.67. The molecule has 0 aliphatic carbocycles. The Morgan fingerprint density at radius 3 is 2.40 bits per heavy atom. The SMILES string of the molecule is Cn1cc(S(=O)(=O)N2CCCC2)cc1C(=O)N1CCCc2cc(C(F)(F)F)ccc21. The highest BCUT2D eigenvalue weighted by Gasteiger charge is 2.34. The zero-order chi connectivity index (χ0) is 21.7. The summed E-state index contributed by atoms with van der Waals surface area (Å²) in [7, 11) is -2.08. The molecule has 0 bridgehead atoms. The Morgan fingerprint density at radius 2 is 1.73 bits per heavy atom. The van der Waals surface area contributed by atoms with Crippen molar-refractivity contribution in [3.05, 3.63) is 47.3 Å². The lowest BCUT2D eigenvalue weighted by atomic mass is 9.98. The van der Waals surface area contributed by atoms with Gasteiger partial charge in [0.15, 0.2) is 0 Å². The highest BCUT2D eigenvalue weighted by Crippen LogP contribution is 2.36. The van der Waals surface area contributed by atoms with Gasteiger partial charge in [-0.3, -0.25) is 4.79 Å². The Morgan fingerprint density at radius 1 is 1.03 bits per heavy atom. The molecule has 1 aromatic heterocycles. The summed E-state index contributed by atoms with van der Waals surface area (Å²) >= 11 is 0. The molecule has 0 N–H and O–H groups in total. The van der Waals surface area contributed by atoms with Gasteiger partial charge in [-0.25, -0.2) is 8.42 Å². The molecule has 2 aliphatic rings. The summed E-state index contributed by atoms with van der Waals surface area (Å²) in [6, 6.07) is 4.73. The van der Waals surface area contributed by atoms with Gasteiger partial charge in [-0.1, -0.05) is 0 Å². The van der Waals surface area contributed by atoms with Crippen LogP contribution in [0.1, 0.15) is 40.9 Å². The second-order valence-corrected chi connectivity index (χ2v) is 9.62. The number of aromatic nitrogens is 1. The lowest BCUT2D eigenvalue weighted by Gasteiger charge is -2.30. The summed E-state index contributed by atoms with van der Waals surface area (Å²) in [6.45, 7) is 1.28. The Balaban J connectivity index is 1.66. The van der Waals surface area contributed by atoms with Crippen LogP contribution in [0.4, 0.5) is 18.9 Å². The fourth-order valence-corrected chi connectivity index (χ4v) is 5.68. The number of hydrogen-bond acceptors (Lipinski definition) is 3. The standard InChI is InChI=1S/C20H22F3N3O3S/c1-24-13-16(30(28,29)25-8-2-3-9-25)12-18(24)19(27)26-10-4-5-14-11-15(20(21,22)23)6-7-17(14)26/h6-7,11-13H,2-5,8-10H2,1H3. The van der Waals surface area contributed by atoms with Crippen LogP contribution in [0.25, 0.3) is 0 Å². The number of fused-ring (bicyclic) bond motifs is 1.